The van der Waals surface area contributed by atoms with Crippen molar-refractivity contribution in [2.75, 3.05) is 13.1 Å². The Kier molecular flexibility index (Phi) is 5.53. The fourth-order valence-electron chi connectivity index (χ4n) is 4.19. The van der Waals surface area contributed by atoms with Gasteiger partial charge in [0.25, 0.3) is 0 Å². The lowest BCUT2D eigenvalue weighted by Crippen LogP contribution is -2.61. The fourth-order valence-corrected chi connectivity index (χ4v) is 4.19. The van der Waals surface area contributed by atoms with Gasteiger partial charge in [-0.2, -0.15) is 0 Å². The number of aliphatic hydroxyl groups is 1. The average molecular weight is 281 g/mol. The summed E-state index contributed by atoms with van der Waals surface area (Å²) in [5.41, 5.74) is -0.463. The van der Waals surface area contributed by atoms with Gasteiger partial charge in [-0.05, 0) is 56.4 Å². The summed E-state index contributed by atoms with van der Waals surface area (Å²) in [4.78, 5) is 2.65. The maximum absolute atomic E-state index is 11.3. The van der Waals surface area contributed by atoms with Crippen molar-refractivity contribution in [1.29, 1.82) is 0 Å². The van der Waals surface area contributed by atoms with Crippen LogP contribution in [0.5, 0.6) is 0 Å². The van der Waals surface area contributed by atoms with Crippen LogP contribution in [0, 0.1) is 17.8 Å². The van der Waals surface area contributed by atoms with E-state index in [0.29, 0.717) is 12.0 Å². The van der Waals surface area contributed by atoms with Gasteiger partial charge >= 0.3 is 0 Å². The quantitative estimate of drug-likeness (QED) is 0.760. The molecule has 0 aromatic carbocycles. The number of rotatable bonds is 7. The lowest BCUT2D eigenvalue weighted by Gasteiger charge is -2.51. The third kappa shape index (κ3) is 3.57. The fraction of sp³-hybridized carbons (Fsp3) is 1.00. The van der Waals surface area contributed by atoms with Crippen molar-refractivity contribution in [3.63, 3.8) is 0 Å². The van der Waals surface area contributed by atoms with Crippen molar-refractivity contribution in [1.82, 2.24) is 4.90 Å². The summed E-state index contributed by atoms with van der Waals surface area (Å²) in [6.45, 7) is 11.5. The van der Waals surface area contributed by atoms with E-state index < -0.39 is 5.60 Å². The minimum absolute atomic E-state index is 0.387. The third-order valence-electron chi connectivity index (χ3n) is 5.88. The molecule has 2 fully saturated rings. The predicted molar refractivity (Wildman–Crippen MR) is 85.8 cm³/mol. The summed E-state index contributed by atoms with van der Waals surface area (Å²) in [5, 5.41) is 11.3. The predicted octanol–water partition coefficient (Wildman–Crippen LogP) is 4.07. The van der Waals surface area contributed by atoms with E-state index in [-0.39, 0.29) is 0 Å². The third-order valence-corrected chi connectivity index (χ3v) is 5.88. The first-order valence-electron chi connectivity index (χ1n) is 8.97. The second-order valence-corrected chi connectivity index (χ2v) is 7.62. The molecule has 2 unspecified atom stereocenters. The second kappa shape index (κ2) is 6.79. The standard InChI is InChI=1S/C18H35NO/c1-5-7-14(3)12-17-18(20,6-2)15(4)10-11-19(17)13-16-8-9-16/h14-17,20H,5-13H2,1-4H3/t14?,15-,17?,18+/m1/s1. The Morgan fingerprint density at radius 3 is 2.50 bits per heavy atom. The van der Waals surface area contributed by atoms with Crippen molar-refractivity contribution >= 4 is 0 Å². The van der Waals surface area contributed by atoms with E-state index in [2.05, 4.69) is 32.6 Å². The van der Waals surface area contributed by atoms with Crippen LogP contribution in [0.25, 0.3) is 0 Å². The molecule has 20 heavy (non-hydrogen) atoms. The van der Waals surface area contributed by atoms with Gasteiger partial charge in [-0.15, -0.1) is 0 Å². The Morgan fingerprint density at radius 2 is 1.95 bits per heavy atom. The van der Waals surface area contributed by atoms with E-state index in [1.54, 1.807) is 0 Å². The van der Waals surface area contributed by atoms with Gasteiger partial charge in [-0.3, -0.25) is 4.90 Å². The summed E-state index contributed by atoms with van der Waals surface area (Å²) in [5.74, 6) is 2.10. The average Bonchev–Trinajstić information content (AvgIpc) is 3.22. The first-order chi connectivity index (χ1) is 9.51. The number of likely N-dealkylation sites (tertiary alicyclic amines) is 1. The van der Waals surface area contributed by atoms with Gasteiger partial charge in [0.1, 0.15) is 0 Å². The van der Waals surface area contributed by atoms with Crippen LogP contribution in [0.4, 0.5) is 0 Å². The van der Waals surface area contributed by atoms with E-state index in [4.69, 9.17) is 0 Å². The number of hydrogen-bond acceptors (Lipinski definition) is 2. The van der Waals surface area contributed by atoms with Crippen molar-refractivity contribution in [3.05, 3.63) is 0 Å². The molecule has 0 radical (unpaired) electrons. The minimum atomic E-state index is -0.463. The van der Waals surface area contributed by atoms with Crippen LogP contribution in [-0.2, 0) is 0 Å². The summed E-state index contributed by atoms with van der Waals surface area (Å²) >= 11 is 0. The molecule has 0 spiro atoms. The van der Waals surface area contributed by atoms with Crippen molar-refractivity contribution in [3.8, 4) is 0 Å². The molecule has 118 valence electrons. The van der Waals surface area contributed by atoms with E-state index in [0.717, 1.165) is 24.7 Å². The van der Waals surface area contributed by atoms with Gasteiger partial charge in [0, 0.05) is 12.6 Å². The number of hydrogen-bond donors (Lipinski definition) is 1. The molecule has 2 nitrogen and oxygen atoms in total. The Morgan fingerprint density at radius 1 is 1.25 bits per heavy atom. The minimum Gasteiger partial charge on any atom is -0.388 e. The van der Waals surface area contributed by atoms with Crippen molar-refractivity contribution in [2.24, 2.45) is 17.8 Å². The first-order valence-corrected chi connectivity index (χ1v) is 8.97. The second-order valence-electron chi connectivity index (χ2n) is 7.62. The zero-order valence-electron chi connectivity index (χ0n) is 14.1. The van der Waals surface area contributed by atoms with Gasteiger partial charge in [0.15, 0.2) is 0 Å². The van der Waals surface area contributed by atoms with Crippen LogP contribution in [-0.4, -0.2) is 34.7 Å². The van der Waals surface area contributed by atoms with Crippen molar-refractivity contribution in [2.45, 2.75) is 84.3 Å². The lowest BCUT2D eigenvalue weighted by molar-refractivity contribution is -0.125. The summed E-state index contributed by atoms with van der Waals surface area (Å²) in [7, 11) is 0. The Bertz CT molecular complexity index is 302. The van der Waals surface area contributed by atoms with Crippen LogP contribution in [0.2, 0.25) is 0 Å². The van der Waals surface area contributed by atoms with Gasteiger partial charge in [-0.1, -0.05) is 40.5 Å². The highest BCUT2D eigenvalue weighted by Crippen LogP contribution is 2.41. The molecule has 1 N–H and O–H groups in total. The van der Waals surface area contributed by atoms with Crippen LogP contribution in [0.15, 0.2) is 0 Å². The van der Waals surface area contributed by atoms with Gasteiger partial charge in [0.2, 0.25) is 0 Å². The van der Waals surface area contributed by atoms with Crippen molar-refractivity contribution < 1.29 is 5.11 Å². The van der Waals surface area contributed by atoms with Crippen LogP contribution in [0.3, 0.4) is 0 Å². The van der Waals surface area contributed by atoms with Gasteiger partial charge < -0.3 is 5.11 Å². The highest BCUT2D eigenvalue weighted by molar-refractivity contribution is 5.01. The van der Waals surface area contributed by atoms with Crippen LogP contribution >= 0.6 is 0 Å². The van der Waals surface area contributed by atoms with E-state index in [9.17, 15) is 5.11 Å². The summed E-state index contributed by atoms with van der Waals surface area (Å²) < 4.78 is 0. The molecule has 0 aromatic heterocycles. The molecule has 1 saturated carbocycles. The Labute approximate surface area is 125 Å². The Hall–Kier alpha value is -0.0800. The molecular formula is C18H35NO. The zero-order chi connectivity index (χ0) is 14.8. The summed E-state index contributed by atoms with van der Waals surface area (Å²) in [6, 6.07) is 0.387. The molecular weight excluding hydrogens is 246 g/mol. The molecule has 4 atom stereocenters. The van der Waals surface area contributed by atoms with Crippen LogP contribution < -0.4 is 0 Å². The summed E-state index contributed by atoms with van der Waals surface area (Å²) in [6.07, 6.45) is 8.62. The molecule has 1 saturated heterocycles. The first kappa shape index (κ1) is 16.3. The highest BCUT2D eigenvalue weighted by atomic mass is 16.3. The Balaban J connectivity index is 2.09. The number of piperidine rings is 1. The molecule has 2 rings (SSSR count). The molecule has 1 aliphatic heterocycles. The van der Waals surface area contributed by atoms with Crippen LogP contribution in [0.1, 0.15) is 72.6 Å². The maximum Gasteiger partial charge on any atom is 0.0825 e. The molecule has 1 aliphatic carbocycles. The molecule has 1 heterocycles. The SMILES string of the molecule is CCCC(C)CC1N(CC2CC2)CC[C@@H](C)[C@@]1(O)CC. The van der Waals surface area contributed by atoms with E-state index >= 15 is 0 Å². The van der Waals surface area contributed by atoms with E-state index in [1.807, 2.05) is 0 Å². The highest BCUT2D eigenvalue weighted by Gasteiger charge is 2.47. The van der Waals surface area contributed by atoms with Gasteiger partial charge in [0.05, 0.1) is 5.60 Å². The largest absolute Gasteiger partial charge is 0.388 e. The molecule has 0 bridgehead atoms. The normalized spacial score (nSPS) is 37.0. The lowest BCUT2D eigenvalue weighted by atomic mass is 9.71. The zero-order valence-corrected chi connectivity index (χ0v) is 14.1. The smallest absolute Gasteiger partial charge is 0.0825 e. The monoisotopic (exact) mass is 281 g/mol. The van der Waals surface area contributed by atoms with E-state index in [1.165, 1.54) is 45.2 Å². The molecule has 2 aliphatic rings. The maximum atomic E-state index is 11.3. The molecule has 0 aromatic rings. The molecule has 2 heteroatoms. The van der Waals surface area contributed by atoms with Gasteiger partial charge in [-0.25, -0.2) is 0 Å². The topological polar surface area (TPSA) is 23.5 Å². The number of nitrogens with zero attached hydrogens (tertiary/aromatic N) is 1. The molecule has 0 amide bonds.